The molecule has 1 unspecified atom stereocenters. The number of amides is 1. The number of nitrogens with zero attached hydrogens (tertiary/aromatic N) is 5. The molecule has 1 atom stereocenters. The van der Waals surface area contributed by atoms with Gasteiger partial charge in [-0.15, -0.1) is 0 Å². The minimum absolute atomic E-state index is 0.143. The van der Waals surface area contributed by atoms with Crippen LogP contribution in [0.3, 0.4) is 0 Å². The van der Waals surface area contributed by atoms with E-state index in [2.05, 4.69) is 17.2 Å². The zero-order chi connectivity index (χ0) is 32.5. The van der Waals surface area contributed by atoms with Crippen molar-refractivity contribution in [2.75, 3.05) is 78.5 Å². The van der Waals surface area contributed by atoms with Crippen molar-refractivity contribution in [1.29, 1.82) is 0 Å². The van der Waals surface area contributed by atoms with E-state index in [0.29, 0.717) is 6.42 Å². The number of nitrogens with one attached hydrogen (secondary N) is 1. The number of carbonyl (C=O) groups is 5. The molecule has 0 aromatic carbocycles. The molecule has 2 N–H and O–H groups in total. The Labute approximate surface area is 257 Å². The molecule has 15 heteroatoms. The fraction of sp³-hybridized carbons (Fsp3) is 0.655. The lowest BCUT2D eigenvalue weighted by Gasteiger charge is -2.36. The average Bonchev–Trinajstić information content (AvgIpc) is 2.95. The second-order valence-electron chi connectivity index (χ2n) is 10.9. The summed E-state index contributed by atoms with van der Waals surface area (Å²) in [6, 6.07) is 2.53. The predicted molar refractivity (Wildman–Crippen MR) is 152 cm³/mol. The van der Waals surface area contributed by atoms with Crippen LogP contribution in [-0.2, 0) is 25.6 Å². The first-order valence-corrected chi connectivity index (χ1v) is 14.9. The van der Waals surface area contributed by atoms with Gasteiger partial charge in [0.05, 0.1) is 17.9 Å². The van der Waals surface area contributed by atoms with E-state index in [9.17, 15) is 44.4 Å². The van der Waals surface area contributed by atoms with Crippen LogP contribution in [0.25, 0.3) is 0 Å². The lowest BCUT2D eigenvalue weighted by Crippen LogP contribution is -2.53. The minimum atomic E-state index is -1.33. The van der Waals surface area contributed by atoms with E-state index in [1.54, 1.807) is 27.0 Å². The van der Waals surface area contributed by atoms with Gasteiger partial charge in [-0.05, 0) is 37.3 Å². The molecule has 15 nitrogen and oxygen atoms in total. The smallest absolute Gasteiger partial charge is 0.320 e. The minimum Gasteiger partial charge on any atom is -0.549 e. The Kier molecular flexibility index (Phi) is 16.3. The molecule has 1 aromatic heterocycles. The molecule has 2 heterocycles. The molecule has 0 saturated carbocycles. The Morgan fingerprint density at radius 2 is 1.32 bits per heavy atom. The molecule has 1 aliphatic rings. The number of aryl methyl sites for hydroxylation is 1. The van der Waals surface area contributed by atoms with Crippen LogP contribution in [0.5, 0.6) is 0 Å². The van der Waals surface area contributed by atoms with Gasteiger partial charge >= 0.3 is 5.97 Å². The van der Waals surface area contributed by atoms with E-state index in [1.807, 2.05) is 6.07 Å². The summed E-state index contributed by atoms with van der Waals surface area (Å²) < 4.78 is 0. The molecule has 0 aliphatic carbocycles. The number of carboxylic acid groups (broad SMARTS) is 4. The van der Waals surface area contributed by atoms with Crippen molar-refractivity contribution in [1.82, 2.24) is 29.9 Å². The molecule has 246 valence electrons. The summed E-state index contributed by atoms with van der Waals surface area (Å²) in [4.78, 5) is 69.4. The summed E-state index contributed by atoms with van der Waals surface area (Å²) in [5, 5.41) is 46.8. The maximum absolute atomic E-state index is 12.5. The van der Waals surface area contributed by atoms with Crippen molar-refractivity contribution < 1.29 is 44.4 Å². The van der Waals surface area contributed by atoms with Crippen LogP contribution in [0.1, 0.15) is 48.7 Å². The molecule has 1 saturated heterocycles. The Morgan fingerprint density at radius 3 is 1.73 bits per heavy atom. The predicted octanol–water partition coefficient (Wildman–Crippen LogP) is -4.14. The monoisotopic (exact) mass is 619 g/mol. The van der Waals surface area contributed by atoms with Gasteiger partial charge in [0.25, 0.3) is 5.91 Å². The highest BCUT2D eigenvalue weighted by Crippen LogP contribution is 2.11. The van der Waals surface area contributed by atoms with Gasteiger partial charge in [-0.2, -0.15) is 0 Å². The third kappa shape index (κ3) is 14.2. The fourth-order valence-corrected chi connectivity index (χ4v) is 5.02. The van der Waals surface area contributed by atoms with Gasteiger partial charge in [0, 0.05) is 84.7 Å². The normalized spacial score (nSPS) is 17.2. The number of unbranched alkanes of at least 4 members (excludes halogenated alkanes) is 1. The first-order valence-electron chi connectivity index (χ1n) is 14.9. The lowest BCUT2D eigenvalue weighted by molar-refractivity contribution is -0.308. The molecular formula is C29H43N6O9-3. The SMILES string of the molecule is CCCCc1ccc(C(=O)NCCCC(C(=O)O)N2CCN(CC(=O)[O-])CCN(CC(=O)[O-])CCN(CC(=O)[O-])CC2)nc1. The maximum atomic E-state index is 12.5. The molecule has 2 rings (SSSR count). The van der Waals surface area contributed by atoms with Gasteiger partial charge in [0.15, 0.2) is 0 Å². The van der Waals surface area contributed by atoms with Gasteiger partial charge in [-0.25, -0.2) is 0 Å². The number of pyridine rings is 1. The molecule has 0 spiro atoms. The van der Waals surface area contributed by atoms with Gasteiger partial charge in [0.2, 0.25) is 0 Å². The van der Waals surface area contributed by atoms with Gasteiger partial charge in [-0.3, -0.25) is 34.2 Å². The number of hydrogen-bond acceptors (Lipinski definition) is 13. The first kappa shape index (κ1) is 36.5. The van der Waals surface area contributed by atoms with E-state index in [1.165, 1.54) is 4.90 Å². The molecule has 1 aliphatic heterocycles. The van der Waals surface area contributed by atoms with Crippen molar-refractivity contribution >= 4 is 29.8 Å². The van der Waals surface area contributed by atoms with Crippen LogP contribution >= 0.6 is 0 Å². The third-order valence-electron chi connectivity index (χ3n) is 7.47. The van der Waals surface area contributed by atoms with Crippen LogP contribution in [0.2, 0.25) is 0 Å². The lowest BCUT2D eigenvalue weighted by atomic mass is 10.1. The number of aliphatic carboxylic acids is 4. The third-order valence-corrected chi connectivity index (χ3v) is 7.47. The zero-order valence-corrected chi connectivity index (χ0v) is 25.3. The number of aromatic nitrogens is 1. The van der Waals surface area contributed by atoms with Crippen LogP contribution in [0.15, 0.2) is 18.3 Å². The molecular weight excluding hydrogens is 576 g/mol. The van der Waals surface area contributed by atoms with E-state index in [0.717, 1.165) is 24.8 Å². The molecule has 44 heavy (non-hydrogen) atoms. The Morgan fingerprint density at radius 1 is 0.818 bits per heavy atom. The van der Waals surface area contributed by atoms with Crippen LogP contribution in [-0.4, -0.2) is 144 Å². The standard InChI is InChI=1S/C29H46N6O9/c1-2-3-5-22-7-8-23(31-18-22)28(42)30-9-4-6-24(29(43)44)35-16-14-33(20-26(38)39)12-10-32(19-25(36)37)11-13-34(15-17-35)21-27(40)41/h7-8,18,24H,2-6,9-17,19-21H2,1H3,(H,30,42)(H,36,37)(H,38,39)(H,40,41)(H,43,44)/p-3. The van der Waals surface area contributed by atoms with Gasteiger partial charge in [-0.1, -0.05) is 19.4 Å². The van der Waals surface area contributed by atoms with E-state index >= 15 is 0 Å². The second-order valence-corrected chi connectivity index (χ2v) is 10.9. The molecule has 1 amide bonds. The highest BCUT2D eigenvalue weighted by atomic mass is 16.4. The summed E-state index contributed by atoms with van der Waals surface area (Å²) >= 11 is 0. The molecule has 1 aromatic rings. The second kappa shape index (κ2) is 19.6. The van der Waals surface area contributed by atoms with E-state index in [-0.39, 0.29) is 76.9 Å². The van der Waals surface area contributed by atoms with Crippen LogP contribution in [0, 0.1) is 0 Å². The van der Waals surface area contributed by atoms with Crippen molar-refractivity contribution in [2.45, 2.75) is 45.1 Å². The average molecular weight is 620 g/mol. The van der Waals surface area contributed by atoms with Crippen LogP contribution < -0.4 is 20.6 Å². The quantitative estimate of drug-likeness (QED) is 0.168. The van der Waals surface area contributed by atoms with Crippen molar-refractivity contribution in [3.63, 3.8) is 0 Å². The molecule has 0 bridgehead atoms. The Hall–Kier alpha value is -3.66. The summed E-state index contributed by atoms with van der Waals surface area (Å²) in [6.45, 7) is 2.26. The van der Waals surface area contributed by atoms with E-state index in [4.69, 9.17) is 0 Å². The van der Waals surface area contributed by atoms with Crippen molar-refractivity contribution in [3.8, 4) is 0 Å². The number of carbonyl (C=O) groups excluding carboxylic acids is 4. The Balaban J connectivity index is 2.08. The fourth-order valence-electron chi connectivity index (χ4n) is 5.02. The van der Waals surface area contributed by atoms with Crippen LogP contribution in [0.4, 0.5) is 0 Å². The first-order chi connectivity index (χ1) is 21.0. The number of rotatable bonds is 16. The molecule has 1 fully saturated rings. The summed E-state index contributed by atoms with van der Waals surface area (Å²) in [6.07, 6.45) is 5.14. The highest BCUT2D eigenvalue weighted by molar-refractivity contribution is 5.92. The van der Waals surface area contributed by atoms with Crippen molar-refractivity contribution in [3.05, 3.63) is 29.6 Å². The topological polar surface area (TPSA) is 213 Å². The van der Waals surface area contributed by atoms with E-state index < -0.39 is 49.6 Å². The maximum Gasteiger partial charge on any atom is 0.320 e. The molecule has 0 radical (unpaired) electrons. The zero-order valence-electron chi connectivity index (χ0n) is 25.3. The van der Waals surface area contributed by atoms with Gasteiger partial charge < -0.3 is 40.1 Å². The largest absolute Gasteiger partial charge is 0.549 e. The van der Waals surface area contributed by atoms with Gasteiger partial charge in [0.1, 0.15) is 11.7 Å². The number of carboxylic acids is 4. The summed E-state index contributed by atoms with van der Waals surface area (Å²) in [7, 11) is 0. The summed E-state index contributed by atoms with van der Waals surface area (Å²) in [5.74, 6) is -5.45. The van der Waals surface area contributed by atoms with Crippen molar-refractivity contribution in [2.24, 2.45) is 0 Å². The number of hydrogen-bond donors (Lipinski definition) is 2. The summed E-state index contributed by atoms with van der Waals surface area (Å²) in [5.41, 5.74) is 1.31. The Bertz CT molecular complexity index is 1060. The highest BCUT2D eigenvalue weighted by Gasteiger charge is 2.27.